The zero-order chi connectivity index (χ0) is 28.2. The number of guanidine groups is 1. The van der Waals surface area contributed by atoms with Gasteiger partial charge in [0, 0.05) is 31.0 Å². The van der Waals surface area contributed by atoms with Crippen LogP contribution in [0.5, 0.6) is 0 Å². The topological polar surface area (TPSA) is 199 Å². The quantitative estimate of drug-likeness (QED) is 0.193. The summed E-state index contributed by atoms with van der Waals surface area (Å²) in [5.74, 6) is 5.00. The van der Waals surface area contributed by atoms with Gasteiger partial charge in [0.05, 0.1) is 17.8 Å². The lowest BCUT2D eigenvalue weighted by molar-refractivity contribution is -0.132. The lowest BCUT2D eigenvalue weighted by atomic mass is 9.88. The summed E-state index contributed by atoms with van der Waals surface area (Å²) in [6, 6.07) is 7.03. The SMILES string of the molecule is C=C(N=C(CCC(=O)N1CCC2(CC1)CN=C(NC(=O)c1nc(Cl)c(N)nc1N)N2)ON)c1ccc(Cl)cc1. The van der Waals surface area contributed by atoms with E-state index in [1.54, 1.807) is 29.2 Å². The lowest BCUT2D eigenvalue weighted by Crippen LogP contribution is -2.57. The molecule has 13 nitrogen and oxygen atoms in total. The molecule has 2 aliphatic rings. The number of carbonyl (C=O) groups excluding carboxylic acids is 2. The van der Waals surface area contributed by atoms with Crippen molar-refractivity contribution < 1.29 is 14.4 Å². The Morgan fingerprint density at radius 3 is 2.49 bits per heavy atom. The maximum atomic E-state index is 12.9. The summed E-state index contributed by atoms with van der Waals surface area (Å²) < 4.78 is 0. The highest BCUT2D eigenvalue weighted by atomic mass is 35.5. The van der Waals surface area contributed by atoms with Gasteiger partial charge in [-0.25, -0.2) is 15.0 Å². The third-order valence-electron chi connectivity index (χ3n) is 6.47. The average molecular weight is 575 g/mol. The number of nitrogen functional groups attached to an aromatic ring is 2. The summed E-state index contributed by atoms with van der Waals surface area (Å²) in [7, 11) is 0. The van der Waals surface area contributed by atoms with Crippen LogP contribution in [0, 0.1) is 0 Å². The van der Waals surface area contributed by atoms with Gasteiger partial charge in [-0.05, 0) is 30.5 Å². The molecular weight excluding hydrogens is 547 g/mol. The van der Waals surface area contributed by atoms with Gasteiger partial charge in [-0.2, -0.15) is 5.90 Å². The number of likely N-dealkylation sites (tertiary alicyclic amines) is 1. The number of anilines is 2. The smallest absolute Gasteiger partial charge is 0.280 e. The molecule has 2 aromatic rings. The Morgan fingerprint density at radius 1 is 1.13 bits per heavy atom. The van der Waals surface area contributed by atoms with Gasteiger partial charge in [0.1, 0.15) is 0 Å². The summed E-state index contributed by atoms with van der Waals surface area (Å²) in [5, 5.41) is 6.40. The molecule has 1 spiro atoms. The van der Waals surface area contributed by atoms with Crippen LogP contribution >= 0.6 is 23.2 Å². The molecule has 206 valence electrons. The molecule has 0 unspecified atom stereocenters. The van der Waals surface area contributed by atoms with Crippen molar-refractivity contribution in [2.45, 2.75) is 31.2 Å². The molecule has 0 saturated carbocycles. The predicted octanol–water partition coefficient (Wildman–Crippen LogP) is 1.74. The van der Waals surface area contributed by atoms with Crippen LogP contribution in [0.2, 0.25) is 10.2 Å². The molecule has 1 fully saturated rings. The highest BCUT2D eigenvalue weighted by Crippen LogP contribution is 2.27. The first kappa shape index (κ1) is 28.1. The maximum absolute atomic E-state index is 12.9. The van der Waals surface area contributed by atoms with Crippen molar-refractivity contribution in [1.82, 2.24) is 25.5 Å². The number of piperidine rings is 1. The molecule has 39 heavy (non-hydrogen) atoms. The van der Waals surface area contributed by atoms with Crippen LogP contribution in [0.25, 0.3) is 5.70 Å². The summed E-state index contributed by atoms with van der Waals surface area (Å²) in [6.45, 7) is 5.40. The van der Waals surface area contributed by atoms with Crippen LogP contribution in [-0.2, 0) is 9.63 Å². The Kier molecular flexibility index (Phi) is 8.53. The second kappa shape index (κ2) is 11.8. The molecule has 0 aliphatic carbocycles. The number of hydrogen-bond donors (Lipinski definition) is 5. The zero-order valence-electron chi connectivity index (χ0n) is 20.9. The maximum Gasteiger partial charge on any atom is 0.280 e. The van der Waals surface area contributed by atoms with E-state index >= 15 is 0 Å². The number of halogens is 2. The van der Waals surface area contributed by atoms with Gasteiger partial charge in [-0.15, -0.1) is 0 Å². The van der Waals surface area contributed by atoms with E-state index in [1.165, 1.54) is 0 Å². The molecule has 1 aromatic carbocycles. The highest BCUT2D eigenvalue weighted by Gasteiger charge is 2.40. The summed E-state index contributed by atoms with van der Waals surface area (Å²) >= 11 is 11.8. The minimum atomic E-state index is -0.615. The van der Waals surface area contributed by atoms with Crippen LogP contribution in [-0.4, -0.2) is 63.7 Å². The second-order valence-electron chi connectivity index (χ2n) is 9.12. The highest BCUT2D eigenvalue weighted by molar-refractivity contribution is 6.32. The van der Waals surface area contributed by atoms with E-state index in [4.69, 9.17) is 45.4 Å². The Hall–Kier alpha value is -3.94. The normalized spacial score (nSPS) is 16.4. The molecular formula is C24H28Cl2N10O3. The number of rotatable bonds is 6. The number of hydrogen-bond acceptors (Lipinski definition) is 11. The van der Waals surface area contributed by atoms with Crippen molar-refractivity contribution in [1.29, 1.82) is 0 Å². The number of nitrogens with one attached hydrogen (secondary N) is 2. The van der Waals surface area contributed by atoms with Gasteiger partial charge in [0.2, 0.25) is 11.8 Å². The first-order chi connectivity index (χ1) is 18.6. The van der Waals surface area contributed by atoms with Gasteiger partial charge < -0.3 is 26.5 Å². The van der Waals surface area contributed by atoms with Crippen molar-refractivity contribution in [3.05, 3.63) is 52.3 Å². The molecule has 4 rings (SSSR count). The Labute approximate surface area is 234 Å². The second-order valence-corrected chi connectivity index (χ2v) is 9.91. The third kappa shape index (κ3) is 6.74. The Balaban J connectivity index is 1.25. The molecule has 8 N–H and O–H groups in total. The largest absolute Gasteiger partial charge is 0.396 e. The number of benzene rings is 1. The zero-order valence-corrected chi connectivity index (χ0v) is 22.4. The van der Waals surface area contributed by atoms with Crippen LogP contribution in [0.3, 0.4) is 0 Å². The average Bonchev–Trinajstić information content (AvgIpc) is 3.30. The van der Waals surface area contributed by atoms with Gasteiger partial charge in [0.25, 0.3) is 5.91 Å². The van der Waals surface area contributed by atoms with Crippen molar-refractivity contribution in [2.75, 3.05) is 31.1 Å². The lowest BCUT2D eigenvalue weighted by Gasteiger charge is -2.39. The Bertz CT molecular complexity index is 1340. The van der Waals surface area contributed by atoms with Gasteiger partial charge in [-0.3, -0.25) is 19.9 Å². The Morgan fingerprint density at radius 2 is 1.82 bits per heavy atom. The molecule has 3 heterocycles. The number of carbonyl (C=O) groups is 2. The number of amides is 2. The van der Waals surface area contributed by atoms with E-state index in [9.17, 15) is 9.59 Å². The number of aromatic nitrogens is 2. The van der Waals surface area contributed by atoms with Gasteiger partial charge in [0.15, 0.2) is 28.4 Å². The van der Waals surface area contributed by atoms with Crippen LogP contribution in [0.1, 0.15) is 41.7 Å². The predicted molar refractivity (Wildman–Crippen MR) is 150 cm³/mol. The summed E-state index contributed by atoms with van der Waals surface area (Å²) in [5.41, 5.74) is 12.0. The van der Waals surface area contributed by atoms with Crippen molar-refractivity contribution >= 4 is 64.2 Å². The van der Waals surface area contributed by atoms with E-state index in [-0.39, 0.29) is 58.6 Å². The molecule has 0 atom stereocenters. The number of aliphatic imine (C=N–C) groups is 2. The first-order valence-corrected chi connectivity index (χ1v) is 12.7. The monoisotopic (exact) mass is 574 g/mol. The molecule has 1 aromatic heterocycles. The number of nitrogens with zero attached hydrogens (tertiary/aromatic N) is 5. The molecule has 2 aliphatic heterocycles. The van der Waals surface area contributed by atoms with Crippen LogP contribution in [0.4, 0.5) is 11.6 Å². The van der Waals surface area contributed by atoms with E-state index in [0.717, 1.165) is 5.56 Å². The van der Waals surface area contributed by atoms with Crippen molar-refractivity contribution in [3.63, 3.8) is 0 Å². The molecule has 0 radical (unpaired) electrons. The molecule has 1 saturated heterocycles. The fourth-order valence-electron chi connectivity index (χ4n) is 4.24. The van der Waals surface area contributed by atoms with Crippen LogP contribution < -0.4 is 28.0 Å². The first-order valence-electron chi connectivity index (χ1n) is 12.0. The van der Waals surface area contributed by atoms with E-state index in [1.807, 2.05) is 0 Å². The van der Waals surface area contributed by atoms with Crippen molar-refractivity contribution in [3.8, 4) is 0 Å². The molecule has 15 heteroatoms. The molecule has 2 amide bonds. The van der Waals surface area contributed by atoms with Gasteiger partial charge in [-0.1, -0.05) is 41.9 Å². The standard InChI is InChI=1S/C24H28Cl2N10O3/c1-13(14-2-4-15(25)5-3-14)31-16(39-29)6-7-17(37)36-10-8-24(9-11-36)12-30-23(35-24)34-22(38)18-20(27)33-21(28)19(26)32-18/h2-5H,1,6-12,29H2,(H4,27,28,33)(H2,30,34,35,38). The van der Waals surface area contributed by atoms with Gasteiger partial charge >= 0.3 is 0 Å². The van der Waals surface area contributed by atoms with E-state index in [2.05, 4.69) is 37.2 Å². The fourth-order valence-corrected chi connectivity index (χ4v) is 4.50. The summed E-state index contributed by atoms with van der Waals surface area (Å²) in [6.07, 6.45) is 1.68. The van der Waals surface area contributed by atoms with E-state index in [0.29, 0.717) is 43.2 Å². The fraction of sp³-hybridized carbons (Fsp3) is 0.333. The van der Waals surface area contributed by atoms with Crippen LogP contribution in [0.15, 0.2) is 40.8 Å². The van der Waals surface area contributed by atoms with E-state index < -0.39 is 5.91 Å². The minimum Gasteiger partial charge on any atom is -0.396 e. The minimum absolute atomic E-state index is 0.0478. The molecule has 0 bridgehead atoms. The third-order valence-corrected chi connectivity index (χ3v) is 7.00. The van der Waals surface area contributed by atoms with Crippen molar-refractivity contribution in [2.24, 2.45) is 15.9 Å². The summed E-state index contributed by atoms with van der Waals surface area (Å²) in [4.78, 5) is 48.5. The number of nitrogens with two attached hydrogens (primary N) is 3.